The molecule has 1 aromatic rings. The number of nitrogens with one attached hydrogen (secondary N) is 1. The third-order valence-electron chi connectivity index (χ3n) is 3.28. The van der Waals surface area contributed by atoms with Crippen LogP contribution in [0.1, 0.15) is 43.9 Å². The maximum atomic E-state index is 9.83. The van der Waals surface area contributed by atoms with E-state index in [2.05, 4.69) is 30.4 Å². The van der Waals surface area contributed by atoms with Gasteiger partial charge < -0.3 is 15.2 Å². The van der Waals surface area contributed by atoms with Crippen LogP contribution in [0.3, 0.4) is 0 Å². The third-order valence-corrected chi connectivity index (χ3v) is 3.28. The number of para-hydroxylation sites is 1. The van der Waals surface area contributed by atoms with E-state index < -0.39 is 5.60 Å². The van der Waals surface area contributed by atoms with E-state index in [4.69, 9.17) is 4.74 Å². The summed E-state index contributed by atoms with van der Waals surface area (Å²) in [5.74, 6) is 1.02. The lowest BCUT2D eigenvalue weighted by molar-refractivity contribution is 0.0760. The van der Waals surface area contributed by atoms with Crippen LogP contribution in [0.5, 0.6) is 5.75 Å². The van der Waals surface area contributed by atoms with Gasteiger partial charge in [-0.05, 0) is 39.2 Å². The standard InChI is InChI=1S/C15H23NO2/c1-11-6-4-7-12-13(16-10-15(2,3)17)8-5-9-18-14(11)12/h4,6-7,13,16-17H,5,8-10H2,1-3H3. The first kappa shape index (κ1) is 13.4. The van der Waals surface area contributed by atoms with Crippen molar-refractivity contribution < 1.29 is 9.84 Å². The molecular formula is C15H23NO2. The fraction of sp³-hybridized carbons (Fsp3) is 0.600. The quantitative estimate of drug-likeness (QED) is 0.865. The van der Waals surface area contributed by atoms with Crippen molar-refractivity contribution in [3.8, 4) is 5.75 Å². The van der Waals surface area contributed by atoms with Crippen LogP contribution in [-0.4, -0.2) is 23.9 Å². The number of rotatable bonds is 3. The van der Waals surface area contributed by atoms with Gasteiger partial charge >= 0.3 is 0 Å². The van der Waals surface area contributed by atoms with Crippen LogP contribution >= 0.6 is 0 Å². The highest BCUT2D eigenvalue weighted by atomic mass is 16.5. The third kappa shape index (κ3) is 3.24. The Morgan fingerprint density at radius 2 is 2.22 bits per heavy atom. The molecule has 0 saturated carbocycles. The molecule has 1 aromatic carbocycles. The number of hydrogen-bond donors (Lipinski definition) is 2. The number of aliphatic hydroxyl groups is 1. The van der Waals surface area contributed by atoms with Crippen molar-refractivity contribution in [3.63, 3.8) is 0 Å². The number of hydrogen-bond acceptors (Lipinski definition) is 3. The lowest BCUT2D eigenvalue weighted by Crippen LogP contribution is -2.36. The molecule has 0 radical (unpaired) electrons. The molecule has 0 saturated heterocycles. The zero-order chi connectivity index (χ0) is 13.2. The molecule has 18 heavy (non-hydrogen) atoms. The summed E-state index contributed by atoms with van der Waals surface area (Å²) in [6.45, 7) is 7.09. The van der Waals surface area contributed by atoms with Crippen molar-refractivity contribution in [2.24, 2.45) is 0 Å². The molecule has 0 bridgehead atoms. The maximum Gasteiger partial charge on any atom is 0.126 e. The summed E-state index contributed by atoms with van der Waals surface area (Å²) in [4.78, 5) is 0. The van der Waals surface area contributed by atoms with Crippen molar-refractivity contribution >= 4 is 0 Å². The summed E-state index contributed by atoms with van der Waals surface area (Å²) >= 11 is 0. The Morgan fingerprint density at radius 1 is 1.44 bits per heavy atom. The van der Waals surface area contributed by atoms with Crippen molar-refractivity contribution in [3.05, 3.63) is 29.3 Å². The molecule has 0 fully saturated rings. The first-order valence-corrected chi connectivity index (χ1v) is 6.65. The highest BCUT2D eigenvalue weighted by Crippen LogP contribution is 2.34. The summed E-state index contributed by atoms with van der Waals surface area (Å²) in [5.41, 5.74) is 1.72. The van der Waals surface area contributed by atoms with Gasteiger partial charge in [0, 0.05) is 18.2 Å². The molecule has 100 valence electrons. The summed E-state index contributed by atoms with van der Waals surface area (Å²) in [7, 11) is 0. The minimum atomic E-state index is -0.683. The van der Waals surface area contributed by atoms with E-state index >= 15 is 0 Å². The Kier molecular flexibility index (Phi) is 3.93. The van der Waals surface area contributed by atoms with Gasteiger partial charge in [0.2, 0.25) is 0 Å². The molecule has 0 spiro atoms. The van der Waals surface area contributed by atoms with Gasteiger partial charge in [0.15, 0.2) is 0 Å². The van der Waals surface area contributed by atoms with Crippen molar-refractivity contribution in [1.82, 2.24) is 5.32 Å². The Hall–Kier alpha value is -1.06. The predicted molar refractivity (Wildman–Crippen MR) is 72.9 cm³/mol. The number of ether oxygens (including phenoxy) is 1. The zero-order valence-electron chi connectivity index (χ0n) is 11.5. The van der Waals surface area contributed by atoms with E-state index in [1.165, 1.54) is 11.1 Å². The van der Waals surface area contributed by atoms with Crippen LogP contribution in [0.4, 0.5) is 0 Å². The topological polar surface area (TPSA) is 41.5 Å². The Morgan fingerprint density at radius 3 is 2.94 bits per heavy atom. The van der Waals surface area contributed by atoms with E-state index in [0.717, 1.165) is 25.2 Å². The molecule has 1 aliphatic heterocycles. The van der Waals surface area contributed by atoms with Gasteiger partial charge in [0.05, 0.1) is 12.2 Å². The van der Waals surface area contributed by atoms with E-state index in [-0.39, 0.29) is 6.04 Å². The van der Waals surface area contributed by atoms with Gasteiger partial charge in [0.25, 0.3) is 0 Å². The van der Waals surface area contributed by atoms with Crippen molar-refractivity contribution in [1.29, 1.82) is 0 Å². The molecule has 0 aromatic heterocycles. The number of fused-ring (bicyclic) bond motifs is 1. The Bertz CT molecular complexity index is 409. The SMILES string of the molecule is Cc1cccc2c1OCCCC2NCC(C)(C)O. The van der Waals surface area contributed by atoms with Crippen LogP contribution in [0.2, 0.25) is 0 Å². The lowest BCUT2D eigenvalue weighted by atomic mass is 9.99. The van der Waals surface area contributed by atoms with E-state index in [9.17, 15) is 5.11 Å². The smallest absolute Gasteiger partial charge is 0.126 e. The van der Waals surface area contributed by atoms with Crippen LogP contribution in [0, 0.1) is 6.92 Å². The van der Waals surface area contributed by atoms with Crippen molar-refractivity contribution in [2.75, 3.05) is 13.2 Å². The molecule has 1 atom stereocenters. The van der Waals surface area contributed by atoms with E-state index in [0.29, 0.717) is 6.54 Å². The molecule has 0 aliphatic carbocycles. The summed E-state index contributed by atoms with van der Waals surface area (Å²) < 4.78 is 5.84. The highest BCUT2D eigenvalue weighted by Gasteiger charge is 2.22. The van der Waals surface area contributed by atoms with E-state index in [1.54, 1.807) is 0 Å². The number of benzene rings is 1. The first-order valence-electron chi connectivity index (χ1n) is 6.65. The second-order valence-electron chi connectivity index (χ2n) is 5.73. The zero-order valence-corrected chi connectivity index (χ0v) is 11.5. The normalized spacial score (nSPS) is 19.9. The molecule has 3 nitrogen and oxygen atoms in total. The molecule has 2 N–H and O–H groups in total. The second kappa shape index (κ2) is 5.29. The first-order chi connectivity index (χ1) is 8.47. The highest BCUT2D eigenvalue weighted by molar-refractivity contribution is 5.43. The average Bonchev–Trinajstić information content (AvgIpc) is 2.49. The van der Waals surface area contributed by atoms with E-state index in [1.807, 2.05) is 13.8 Å². The number of aryl methyl sites for hydroxylation is 1. The molecule has 3 heteroatoms. The van der Waals surface area contributed by atoms with Crippen LogP contribution in [0.25, 0.3) is 0 Å². The fourth-order valence-electron chi connectivity index (χ4n) is 2.35. The molecule has 2 rings (SSSR count). The molecule has 0 amide bonds. The summed E-state index contributed by atoms with van der Waals surface area (Å²) in [5, 5.41) is 13.3. The average molecular weight is 249 g/mol. The Labute approximate surface area is 109 Å². The lowest BCUT2D eigenvalue weighted by Gasteiger charge is -2.24. The summed E-state index contributed by atoms with van der Waals surface area (Å²) in [6, 6.07) is 6.54. The fourth-order valence-corrected chi connectivity index (χ4v) is 2.35. The molecule has 1 unspecified atom stereocenters. The largest absolute Gasteiger partial charge is 0.493 e. The van der Waals surface area contributed by atoms with Crippen molar-refractivity contribution in [2.45, 2.75) is 45.3 Å². The monoisotopic (exact) mass is 249 g/mol. The van der Waals surface area contributed by atoms with Gasteiger partial charge in [-0.25, -0.2) is 0 Å². The minimum Gasteiger partial charge on any atom is -0.493 e. The second-order valence-corrected chi connectivity index (χ2v) is 5.73. The van der Waals surface area contributed by atoms with Gasteiger partial charge in [-0.1, -0.05) is 18.2 Å². The van der Waals surface area contributed by atoms with Gasteiger partial charge in [-0.15, -0.1) is 0 Å². The Balaban J connectivity index is 2.20. The minimum absolute atomic E-state index is 0.272. The molecule has 1 aliphatic rings. The summed E-state index contributed by atoms with van der Waals surface area (Å²) in [6.07, 6.45) is 2.09. The molecule has 1 heterocycles. The van der Waals surface area contributed by atoms with Crippen LogP contribution in [-0.2, 0) is 0 Å². The van der Waals surface area contributed by atoms with Gasteiger partial charge in [-0.2, -0.15) is 0 Å². The van der Waals surface area contributed by atoms with Crippen LogP contribution in [0.15, 0.2) is 18.2 Å². The van der Waals surface area contributed by atoms with Crippen LogP contribution < -0.4 is 10.1 Å². The van der Waals surface area contributed by atoms with Gasteiger partial charge in [-0.3, -0.25) is 0 Å². The maximum absolute atomic E-state index is 9.83. The predicted octanol–water partition coefficient (Wildman–Crippen LogP) is 2.57. The molecular weight excluding hydrogens is 226 g/mol. The van der Waals surface area contributed by atoms with Gasteiger partial charge in [0.1, 0.15) is 5.75 Å².